The Labute approximate surface area is 147 Å². The Morgan fingerprint density at radius 2 is 2.21 bits per heavy atom. The summed E-state index contributed by atoms with van der Waals surface area (Å²) in [6.07, 6.45) is 4.14. The molecule has 0 amide bonds. The van der Waals surface area contributed by atoms with E-state index in [4.69, 9.17) is 4.74 Å². The van der Waals surface area contributed by atoms with Crippen molar-refractivity contribution < 1.29 is 9.53 Å². The summed E-state index contributed by atoms with van der Waals surface area (Å²) in [4.78, 5) is 23.9. The first kappa shape index (κ1) is 19.1. The third-order valence-corrected chi connectivity index (χ3v) is 5.68. The maximum Gasteiger partial charge on any atom is 0.343 e. The van der Waals surface area contributed by atoms with Gasteiger partial charge in [-0.05, 0) is 37.0 Å². The molecule has 3 atom stereocenters. The van der Waals surface area contributed by atoms with Gasteiger partial charge in [0.15, 0.2) is 5.16 Å². The summed E-state index contributed by atoms with van der Waals surface area (Å²) in [7, 11) is 0. The van der Waals surface area contributed by atoms with Crippen molar-refractivity contribution in [3.8, 4) is 0 Å². The SMILES string of the molecule is CCCn1c(SCC(=O)O[C@@H]2C[C@H](C)CC[C@@H]2C(C)C)n[nH]c1=O. The minimum Gasteiger partial charge on any atom is -0.461 e. The number of ether oxygens (including phenoxy) is 1. The number of rotatable bonds is 7. The lowest BCUT2D eigenvalue weighted by Gasteiger charge is -2.36. The van der Waals surface area contributed by atoms with Gasteiger partial charge in [0.25, 0.3) is 0 Å². The zero-order chi connectivity index (χ0) is 17.7. The van der Waals surface area contributed by atoms with E-state index in [1.165, 1.54) is 18.2 Å². The standard InChI is InChI=1S/C17H29N3O3S/c1-5-8-20-16(22)18-19-17(20)24-10-15(21)23-14-9-12(4)6-7-13(14)11(2)3/h11-14H,5-10H2,1-4H3,(H,18,22)/t12-,13-,14-/m1/s1. The highest BCUT2D eigenvalue weighted by atomic mass is 32.2. The second-order valence-corrected chi connectivity index (χ2v) is 8.05. The normalized spacial score (nSPS) is 24.3. The van der Waals surface area contributed by atoms with Gasteiger partial charge in [-0.25, -0.2) is 9.89 Å². The van der Waals surface area contributed by atoms with E-state index in [9.17, 15) is 9.59 Å². The van der Waals surface area contributed by atoms with Gasteiger partial charge in [-0.3, -0.25) is 9.36 Å². The molecule has 0 aliphatic heterocycles. The molecule has 24 heavy (non-hydrogen) atoms. The second-order valence-electron chi connectivity index (χ2n) is 7.11. The molecule has 1 aliphatic rings. The number of esters is 1. The molecule has 0 aromatic carbocycles. The van der Waals surface area contributed by atoms with E-state index >= 15 is 0 Å². The van der Waals surface area contributed by atoms with Gasteiger partial charge < -0.3 is 4.74 Å². The van der Waals surface area contributed by atoms with Gasteiger partial charge >= 0.3 is 11.7 Å². The lowest BCUT2D eigenvalue weighted by molar-refractivity contribution is -0.152. The molecule has 0 saturated heterocycles. The first-order valence-electron chi connectivity index (χ1n) is 8.89. The van der Waals surface area contributed by atoms with Crippen LogP contribution in [0.1, 0.15) is 53.4 Å². The van der Waals surface area contributed by atoms with Crippen LogP contribution in [-0.4, -0.2) is 32.6 Å². The Morgan fingerprint density at radius 3 is 2.88 bits per heavy atom. The van der Waals surface area contributed by atoms with E-state index in [1.54, 1.807) is 4.57 Å². The fourth-order valence-electron chi connectivity index (χ4n) is 3.41. The zero-order valence-corrected chi connectivity index (χ0v) is 15.9. The summed E-state index contributed by atoms with van der Waals surface area (Å²) in [5.41, 5.74) is -0.228. The highest BCUT2D eigenvalue weighted by Gasteiger charge is 2.33. The highest BCUT2D eigenvalue weighted by molar-refractivity contribution is 7.99. The van der Waals surface area contributed by atoms with Crippen molar-refractivity contribution in [3.63, 3.8) is 0 Å². The number of thioether (sulfide) groups is 1. The van der Waals surface area contributed by atoms with Gasteiger partial charge in [0.2, 0.25) is 0 Å². The van der Waals surface area contributed by atoms with Gasteiger partial charge in [-0.15, -0.1) is 5.10 Å². The monoisotopic (exact) mass is 355 g/mol. The number of nitrogens with zero attached hydrogens (tertiary/aromatic N) is 2. The lowest BCUT2D eigenvalue weighted by Crippen LogP contribution is -2.36. The molecule has 0 unspecified atom stereocenters. The van der Waals surface area contributed by atoms with E-state index in [0.29, 0.717) is 29.5 Å². The number of nitrogens with one attached hydrogen (secondary N) is 1. The van der Waals surface area contributed by atoms with Crippen molar-refractivity contribution >= 4 is 17.7 Å². The average molecular weight is 356 g/mol. The summed E-state index contributed by atoms with van der Waals surface area (Å²) in [6.45, 7) is 9.22. The molecule has 2 rings (SSSR count). The lowest BCUT2D eigenvalue weighted by atomic mass is 9.75. The Balaban J connectivity index is 1.91. The summed E-state index contributed by atoms with van der Waals surface area (Å²) < 4.78 is 7.35. The van der Waals surface area contributed by atoms with E-state index < -0.39 is 0 Å². The second kappa shape index (κ2) is 8.74. The quantitative estimate of drug-likeness (QED) is 0.601. The summed E-state index contributed by atoms with van der Waals surface area (Å²) in [5.74, 6) is 1.53. The van der Waals surface area contributed by atoms with Crippen molar-refractivity contribution in [1.82, 2.24) is 14.8 Å². The summed E-state index contributed by atoms with van der Waals surface area (Å²) >= 11 is 1.26. The van der Waals surface area contributed by atoms with Crippen molar-refractivity contribution in [1.29, 1.82) is 0 Å². The van der Waals surface area contributed by atoms with Gasteiger partial charge in [-0.1, -0.05) is 45.9 Å². The number of hydrogen-bond donors (Lipinski definition) is 1. The van der Waals surface area contributed by atoms with Crippen LogP contribution in [0.5, 0.6) is 0 Å². The largest absolute Gasteiger partial charge is 0.461 e. The van der Waals surface area contributed by atoms with E-state index in [-0.39, 0.29) is 23.5 Å². The average Bonchev–Trinajstić information content (AvgIpc) is 2.86. The molecular formula is C17H29N3O3S. The molecule has 7 heteroatoms. The molecule has 1 aromatic rings. The number of hydrogen-bond acceptors (Lipinski definition) is 5. The third-order valence-electron chi connectivity index (χ3n) is 4.73. The Bertz CT molecular complexity index is 596. The van der Waals surface area contributed by atoms with Gasteiger partial charge in [0, 0.05) is 6.54 Å². The molecule has 136 valence electrons. The Kier molecular flexibility index (Phi) is 6.95. The van der Waals surface area contributed by atoms with E-state index in [1.807, 2.05) is 6.92 Å². The molecule has 0 spiro atoms. The molecule has 1 aromatic heterocycles. The summed E-state index contributed by atoms with van der Waals surface area (Å²) in [6, 6.07) is 0. The Hall–Kier alpha value is -1.24. The zero-order valence-electron chi connectivity index (χ0n) is 15.1. The van der Waals surface area contributed by atoms with Gasteiger partial charge in [0.05, 0.1) is 5.75 Å². The summed E-state index contributed by atoms with van der Waals surface area (Å²) in [5, 5.41) is 6.98. The van der Waals surface area contributed by atoms with Crippen molar-refractivity contribution in [2.45, 2.75) is 71.2 Å². The minimum atomic E-state index is -0.228. The van der Waals surface area contributed by atoms with Gasteiger partial charge in [-0.2, -0.15) is 0 Å². The van der Waals surface area contributed by atoms with Crippen molar-refractivity contribution in [2.75, 3.05) is 5.75 Å². The fraction of sp³-hybridized carbons (Fsp3) is 0.824. The van der Waals surface area contributed by atoms with Crippen LogP contribution in [0.15, 0.2) is 9.95 Å². The molecule has 1 fully saturated rings. The number of carbonyl (C=O) groups excluding carboxylic acids is 1. The van der Waals surface area contributed by atoms with E-state index in [0.717, 1.165) is 19.3 Å². The van der Waals surface area contributed by atoms with Crippen molar-refractivity contribution in [2.24, 2.45) is 17.8 Å². The predicted molar refractivity (Wildman–Crippen MR) is 95.1 cm³/mol. The molecule has 6 nitrogen and oxygen atoms in total. The van der Waals surface area contributed by atoms with Crippen LogP contribution >= 0.6 is 11.8 Å². The smallest absolute Gasteiger partial charge is 0.343 e. The molecule has 1 heterocycles. The van der Waals surface area contributed by atoms with Crippen LogP contribution in [0.3, 0.4) is 0 Å². The van der Waals surface area contributed by atoms with E-state index in [2.05, 4.69) is 31.0 Å². The van der Waals surface area contributed by atoms with Crippen LogP contribution in [0.4, 0.5) is 0 Å². The fourth-order valence-corrected chi connectivity index (χ4v) is 4.17. The molecule has 0 radical (unpaired) electrons. The third kappa shape index (κ3) is 4.88. The van der Waals surface area contributed by atoms with Crippen LogP contribution in [0, 0.1) is 17.8 Å². The van der Waals surface area contributed by atoms with Crippen LogP contribution in [-0.2, 0) is 16.1 Å². The number of H-pyrrole nitrogens is 1. The Morgan fingerprint density at radius 1 is 1.46 bits per heavy atom. The number of carbonyl (C=O) groups is 1. The maximum absolute atomic E-state index is 12.3. The number of aromatic amines is 1. The molecule has 1 N–H and O–H groups in total. The highest BCUT2D eigenvalue weighted by Crippen LogP contribution is 2.35. The van der Waals surface area contributed by atoms with Gasteiger partial charge in [0.1, 0.15) is 6.10 Å². The minimum absolute atomic E-state index is 0.0128. The van der Waals surface area contributed by atoms with Crippen LogP contribution in [0.25, 0.3) is 0 Å². The molecule has 1 aliphatic carbocycles. The van der Waals surface area contributed by atoms with Crippen molar-refractivity contribution in [3.05, 3.63) is 10.5 Å². The van der Waals surface area contributed by atoms with Crippen LogP contribution in [0.2, 0.25) is 0 Å². The number of aromatic nitrogens is 3. The first-order valence-corrected chi connectivity index (χ1v) is 9.88. The molecule has 0 bridgehead atoms. The first-order chi connectivity index (χ1) is 11.4. The maximum atomic E-state index is 12.3. The predicted octanol–water partition coefficient (Wildman–Crippen LogP) is 3.08. The van der Waals surface area contributed by atoms with Crippen LogP contribution < -0.4 is 5.69 Å². The molecule has 1 saturated carbocycles. The molecular weight excluding hydrogens is 326 g/mol. The topological polar surface area (TPSA) is 77.0 Å².